The lowest BCUT2D eigenvalue weighted by atomic mass is 10.1. The van der Waals surface area contributed by atoms with E-state index in [1.807, 2.05) is 29.6 Å². The summed E-state index contributed by atoms with van der Waals surface area (Å²) < 4.78 is 0. The van der Waals surface area contributed by atoms with E-state index in [9.17, 15) is 4.79 Å². The Morgan fingerprint density at radius 3 is 2.90 bits per heavy atom. The van der Waals surface area contributed by atoms with Gasteiger partial charge in [0.2, 0.25) is 0 Å². The van der Waals surface area contributed by atoms with Gasteiger partial charge in [-0.2, -0.15) is 0 Å². The van der Waals surface area contributed by atoms with Crippen LogP contribution in [0.3, 0.4) is 0 Å². The number of fused-ring (bicyclic) bond motifs is 1. The summed E-state index contributed by atoms with van der Waals surface area (Å²) in [6.07, 6.45) is 0.561. The van der Waals surface area contributed by atoms with Gasteiger partial charge < -0.3 is 5.11 Å². The van der Waals surface area contributed by atoms with Gasteiger partial charge in [0.1, 0.15) is 5.01 Å². The third-order valence-electron chi connectivity index (χ3n) is 3.29. The van der Waals surface area contributed by atoms with Gasteiger partial charge in [-0.05, 0) is 24.6 Å². The van der Waals surface area contributed by atoms with Gasteiger partial charge in [-0.1, -0.05) is 18.2 Å². The Bertz CT molecular complexity index is 811. The Balaban J connectivity index is 1.95. The van der Waals surface area contributed by atoms with E-state index >= 15 is 0 Å². The predicted molar refractivity (Wildman–Crippen MR) is 83.5 cm³/mol. The highest BCUT2D eigenvalue weighted by Crippen LogP contribution is 2.27. The first-order valence-corrected chi connectivity index (χ1v) is 7.54. The molecule has 0 bridgehead atoms. The molecule has 2 aromatic heterocycles. The lowest BCUT2D eigenvalue weighted by molar-refractivity contribution is -0.136. The van der Waals surface area contributed by atoms with E-state index in [2.05, 4.69) is 23.0 Å². The second-order valence-electron chi connectivity index (χ2n) is 4.88. The molecule has 2 heterocycles. The van der Waals surface area contributed by atoms with Crippen LogP contribution in [0.4, 0.5) is 0 Å². The van der Waals surface area contributed by atoms with Crippen LogP contribution in [0.5, 0.6) is 0 Å². The Morgan fingerprint density at radius 2 is 2.10 bits per heavy atom. The van der Waals surface area contributed by atoms with E-state index < -0.39 is 5.97 Å². The topological polar surface area (TPSA) is 63.1 Å². The first-order valence-electron chi connectivity index (χ1n) is 6.66. The van der Waals surface area contributed by atoms with Gasteiger partial charge in [0, 0.05) is 17.2 Å². The van der Waals surface area contributed by atoms with Crippen molar-refractivity contribution < 1.29 is 9.90 Å². The Hall–Kier alpha value is -2.27. The van der Waals surface area contributed by atoms with Gasteiger partial charge in [0.25, 0.3) is 0 Å². The molecule has 0 aliphatic carbocycles. The molecule has 0 aliphatic rings. The summed E-state index contributed by atoms with van der Waals surface area (Å²) >= 11 is 1.51. The van der Waals surface area contributed by atoms with Crippen molar-refractivity contribution >= 4 is 28.2 Å². The summed E-state index contributed by atoms with van der Waals surface area (Å²) in [7, 11) is 0. The van der Waals surface area contributed by atoms with Crippen LogP contribution in [0.2, 0.25) is 0 Å². The number of carbonyl (C=O) groups is 1. The van der Waals surface area contributed by atoms with Crippen LogP contribution in [0.15, 0.2) is 35.7 Å². The summed E-state index contributed by atoms with van der Waals surface area (Å²) in [6.45, 7) is 2.06. The number of aryl methyl sites for hydroxylation is 2. The fourth-order valence-electron chi connectivity index (χ4n) is 2.23. The molecule has 0 spiro atoms. The number of rotatable bonds is 4. The molecule has 0 saturated carbocycles. The van der Waals surface area contributed by atoms with E-state index in [-0.39, 0.29) is 6.42 Å². The molecule has 0 amide bonds. The molecule has 0 unspecified atom stereocenters. The third-order valence-corrected chi connectivity index (χ3v) is 4.20. The van der Waals surface area contributed by atoms with Crippen LogP contribution in [0, 0.1) is 6.92 Å². The fraction of sp³-hybridized carbons (Fsp3) is 0.188. The number of aliphatic carboxylic acids is 1. The number of aromatic nitrogens is 2. The molecule has 3 rings (SSSR count). The molecule has 4 nitrogen and oxygen atoms in total. The first-order chi connectivity index (χ1) is 10.1. The van der Waals surface area contributed by atoms with E-state index in [0.717, 1.165) is 32.9 Å². The smallest absolute Gasteiger partial charge is 0.303 e. The van der Waals surface area contributed by atoms with Crippen LogP contribution in [-0.2, 0) is 11.2 Å². The van der Waals surface area contributed by atoms with Gasteiger partial charge in [-0.25, -0.2) is 9.97 Å². The lowest BCUT2D eigenvalue weighted by Gasteiger charge is -2.04. The summed E-state index contributed by atoms with van der Waals surface area (Å²) in [5.41, 5.74) is 3.77. The lowest BCUT2D eigenvalue weighted by Crippen LogP contribution is -1.97. The van der Waals surface area contributed by atoms with Gasteiger partial charge in [-0.15, -0.1) is 11.3 Å². The van der Waals surface area contributed by atoms with Crippen LogP contribution >= 0.6 is 11.3 Å². The zero-order chi connectivity index (χ0) is 14.8. The number of thiazole rings is 1. The maximum absolute atomic E-state index is 10.6. The molecule has 21 heavy (non-hydrogen) atoms. The standard InChI is InChI=1S/C16H14N2O2S/c1-10-8-14(18-13-5-3-2-4-12(10)13)16-17-11(9-21-16)6-7-15(19)20/h2-5,8-9H,6-7H2,1H3,(H,19,20). The molecule has 0 saturated heterocycles. The van der Waals surface area contributed by atoms with Crippen LogP contribution < -0.4 is 0 Å². The fourth-order valence-corrected chi connectivity index (χ4v) is 3.05. The number of carboxylic acids is 1. The number of benzene rings is 1. The number of nitrogens with zero attached hydrogens (tertiary/aromatic N) is 2. The highest BCUT2D eigenvalue weighted by molar-refractivity contribution is 7.13. The van der Waals surface area contributed by atoms with Crippen molar-refractivity contribution in [1.29, 1.82) is 0 Å². The van der Waals surface area contributed by atoms with Gasteiger partial charge in [-0.3, -0.25) is 4.79 Å². The average molecular weight is 298 g/mol. The maximum Gasteiger partial charge on any atom is 0.303 e. The summed E-state index contributed by atoms with van der Waals surface area (Å²) in [5.74, 6) is -0.802. The highest BCUT2D eigenvalue weighted by atomic mass is 32.1. The molecule has 3 aromatic rings. The van der Waals surface area contributed by atoms with E-state index in [1.165, 1.54) is 11.3 Å². The summed E-state index contributed by atoms with van der Waals surface area (Å²) in [5, 5.41) is 12.6. The van der Waals surface area contributed by atoms with Crippen LogP contribution in [-0.4, -0.2) is 21.0 Å². The largest absolute Gasteiger partial charge is 0.481 e. The van der Waals surface area contributed by atoms with Gasteiger partial charge >= 0.3 is 5.97 Å². The van der Waals surface area contributed by atoms with Gasteiger partial charge in [0.15, 0.2) is 0 Å². The van der Waals surface area contributed by atoms with Crippen molar-refractivity contribution in [3.63, 3.8) is 0 Å². The molecule has 0 radical (unpaired) electrons. The molecule has 0 fully saturated rings. The maximum atomic E-state index is 10.6. The van der Waals surface area contributed by atoms with Gasteiger partial charge in [0.05, 0.1) is 23.3 Å². The number of hydrogen-bond donors (Lipinski definition) is 1. The zero-order valence-electron chi connectivity index (χ0n) is 11.5. The molecule has 5 heteroatoms. The average Bonchev–Trinajstić information content (AvgIpc) is 2.94. The number of para-hydroxylation sites is 1. The SMILES string of the molecule is Cc1cc(-c2nc(CCC(=O)O)cs2)nc2ccccc12. The zero-order valence-corrected chi connectivity index (χ0v) is 12.4. The number of pyridine rings is 1. The van der Waals surface area contributed by atoms with Crippen molar-refractivity contribution in [3.05, 3.63) is 47.0 Å². The van der Waals surface area contributed by atoms with Crippen LogP contribution in [0.25, 0.3) is 21.6 Å². The summed E-state index contributed by atoms with van der Waals surface area (Å²) in [6, 6.07) is 10.1. The van der Waals surface area contributed by atoms with E-state index in [1.54, 1.807) is 0 Å². The number of carboxylic acid groups (broad SMARTS) is 1. The van der Waals surface area contributed by atoms with E-state index in [4.69, 9.17) is 5.11 Å². The van der Waals surface area contributed by atoms with E-state index in [0.29, 0.717) is 6.42 Å². The van der Waals surface area contributed by atoms with Crippen molar-refractivity contribution in [2.45, 2.75) is 19.8 Å². The van der Waals surface area contributed by atoms with Crippen molar-refractivity contribution in [2.24, 2.45) is 0 Å². The molecule has 0 aliphatic heterocycles. The third kappa shape index (κ3) is 2.92. The Morgan fingerprint density at radius 1 is 1.29 bits per heavy atom. The second-order valence-corrected chi connectivity index (χ2v) is 5.74. The highest BCUT2D eigenvalue weighted by Gasteiger charge is 2.10. The first kappa shape index (κ1) is 13.7. The monoisotopic (exact) mass is 298 g/mol. The second kappa shape index (κ2) is 5.61. The minimum Gasteiger partial charge on any atom is -0.481 e. The predicted octanol–water partition coefficient (Wildman–Crippen LogP) is 3.68. The summed E-state index contributed by atoms with van der Waals surface area (Å²) in [4.78, 5) is 19.7. The molecule has 106 valence electrons. The van der Waals surface area contributed by atoms with Crippen molar-refractivity contribution in [2.75, 3.05) is 0 Å². The normalized spacial score (nSPS) is 10.9. The molecule has 1 N–H and O–H groups in total. The Kier molecular flexibility index (Phi) is 3.66. The van der Waals surface area contributed by atoms with Crippen molar-refractivity contribution in [1.82, 2.24) is 9.97 Å². The Labute approximate surface area is 126 Å². The molecular formula is C16H14N2O2S. The minimum absolute atomic E-state index is 0.105. The number of hydrogen-bond acceptors (Lipinski definition) is 4. The molecule has 0 atom stereocenters. The van der Waals surface area contributed by atoms with Crippen molar-refractivity contribution in [3.8, 4) is 10.7 Å². The minimum atomic E-state index is -0.802. The molecule has 1 aromatic carbocycles. The van der Waals surface area contributed by atoms with Crippen LogP contribution in [0.1, 0.15) is 17.7 Å². The quantitative estimate of drug-likeness (QED) is 0.798. The molecular weight excluding hydrogens is 284 g/mol.